The average Bonchev–Trinajstić information content (AvgIpc) is 2.84. The Kier molecular flexibility index (Phi) is 7.84. The molecule has 0 saturated heterocycles. The summed E-state index contributed by atoms with van der Waals surface area (Å²) in [7, 11) is 1.36. The Balaban J connectivity index is 2.30. The number of rotatable bonds is 8. The van der Waals surface area contributed by atoms with Gasteiger partial charge in [0.2, 0.25) is 5.91 Å². The molecule has 1 amide bonds. The molecule has 0 saturated carbocycles. The molecule has 0 aromatic carbocycles. The zero-order valence-corrected chi connectivity index (χ0v) is 14.3. The smallest absolute Gasteiger partial charge is 0.307 e. The van der Waals surface area contributed by atoms with Gasteiger partial charge in [0.25, 0.3) is 0 Å². The second kappa shape index (κ2) is 9.13. The lowest BCUT2D eigenvalue weighted by atomic mass is 10.2. The third-order valence-electron chi connectivity index (χ3n) is 2.99. The first-order valence-corrected chi connectivity index (χ1v) is 8.26. The highest BCUT2D eigenvalue weighted by molar-refractivity contribution is 9.11. The molecule has 112 valence electrons. The van der Waals surface area contributed by atoms with E-state index in [1.165, 1.54) is 12.0 Å². The summed E-state index contributed by atoms with van der Waals surface area (Å²) in [5.41, 5.74) is 0. The van der Waals surface area contributed by atoms with E-state index in [4.69, 9.17) is 0 Å². The molecule has 4 nitrogen and oxygen atoms in total. The summed E-state index contributed by atoms with van der Waals surface area (Å²) in [5, 5.41) is 0. The number of aryl methyl sites for hydroxylation is 1. The molecule has 1 rings (SSSR count). The minimum atomic E-state index is -0.278. The molecular weight excluding hydrogens is 342 g/mol. The highest BCUT2D eigenvalue weighted by atomic mass is 79.9. The number of halogens is 1. The van der Waals surface area contributed by atoms with E-state index in [-0.39, 0.29) is 18.3 Å². The van der Waals surface area contributed by atoms with E-state index in [0.29, 0.717) is 19.5 Å². The maximum absolute atomic E-state index is 12.0. The van der Waals surface area contributed by atoms with Crippen LogP contribution in [0.2, 0.25) is 0 Å². The maximum Gasteiger partial charge on any atom is 0.307 e. The zero-order chi connectivity index (χ0) is 15.0. The first-order valence-electron chi connectivity index (χ1n) is 6.65. The molecule has 0 aliphatic rings. The molecule has 0 bridgehead atoms. The fourth-order valence-electron chi connectivity index (χ4n) is 1.85. The largest absolute Gasteiger partial charge is 0.469 e. The predicted octanol–water partition coefficient (Wildman–Crippen LogP) is 3.24. The summed E-state index contributed by atoms with van der Waals surface area (Å²) in [6.07, 6.45) is 2.52. The normalized spacial score (nSPS) is 10.3. The van der Waals surface area contributed by atoms with E-state index in [0.717, 1.165) is 16.6 Å². The van der Waals surface area contributed by atoms with Crippen LogP contribution in [0.5, 0.6) is 0 Å². The third kappa shape index (κ3) is 6.05. The number of carbonyl (C=O) groups excluding carboxylic acids is 2. The van der Waals surface area contributed by atoms with Crippen LogP contribution in [0.4, 0.5) is 0 Å². The van der Waals surface area contributed by atoms with Gasteiger partial charge in [-0.1, -0.05) is 0 Å². The molecular formula is C14H20BrNO3S. The second-order valence-corrected chi connectivity index (χ2v) is 6.91. The van der Waals surface area contributed by atoms with E-state index in [1.54, 1.807) is 16.2 Å². The van der Waals surface area contributed by atoms with Gasteiger partial charge in [0, 0.05) is 24.4 Å². The van der Waals surface area contributed by atoms with Crippen LogP contribution < -0.4 is 0 Å². The Morgan fingerprint density at radius 2 is 2.10 bits per heavy atom. The number of thiophene rings is 1. The van der Waals surface area contributed by atoms with Gasteiger partial charge in [-0.15, -0.1) is 11.3 Å². The van der Waals surface area contributed by atoms with Crippen molar-refractivity contribution in [3.05, 3.63) is 20.8 Å². The lowest BCUT2D eigenvalue weighted by Gasteiger charge is -2.20. The number of hydrogen-bond donors (Lipinski definition) is 0. The third-order valence-corrected chi connectivity index (χ3v) is 4.67. The Hall–Kier alpha value is -0.880. The maximum atomic E-state index is 12.0. The average molecular weight is 362 g/mol. The van der Waals surface area contributed by atoms with Crippen LogP contribution in [-0.4, -0.2) is 37.0 Å². The molecule has 0 fully saturated rings. The van der Waals surface area contributed by atoms with E-state index in [1.807, 2.05) is 13.0 Å². The van der Waals surface area contributed by atoms with Crippen LogP contribution in [0.3, 0.4) is 0 Å². The molecule has 20 heavy (non-hydrogen) atoms. The SMILES string of the molecule is CCN(CCC(=O)OC)C(=O)CCCc1ccc(Br)s1. The number of amides is 1. The fourth-order valence-corrected chi connectivity index (χ4v) is 3.37. The Bertz CT molecular complexity index is 447. The first kappa shape index (κ1) is 17.2. The summed E-state index contributed by atoms with van der Waals surface area (Å²) in [6, 6.07) is 4.10. The molecule has 0 aliphatic carbocycles. The molecule has 0 N–H and O–H groups in total. The predicted molar refractivity (Wildman–Crippen MR) is 83.8 cm³/mol. The van der Waals surface area contributed by atoms with E-state index >= 15 is 0 Å². The minimum Gasteiger partial charge on any atom is -0.469 e. The zero-order valence-electron chi connectivity index (χ0n) is 11.9. The number of hydrogen-bond acceptors (Lipinski definition) is 4. The highest BCUT2D eigenvalue weighted by Crippen LogP contribution is 2.23. The Morgan fingerprint density at radius 1 is 1.35 bits per heavy atom. The molecule has 0 atom stereocenters. The number of nitrogens with zero attached hydrogens (tertiary/aromatic N) is 1. The van der Waals surface area contributed by atoms with Crippen LogP contribution in [0, 0.1) is 0 Å². The molecule has 1 aromatic rings. The quantitative estimate of drug-likeness (QED) is 0.667. The Labute approximate surface area is 132 Å². The van der Waals surface area contributed by atoms with Crippen LogP contribution in [0.25, 0.3) is 0 Å². The summed E-state index contributed by atoms with van der Waals surface area (Å²) >= 11 is 5.13. The number of esters is 1. The van der Waals surface area contributed by atoms with Crippen molar-refractivity contribution in [2.24, 2.45) is 0 Å². The lowest BCUT2D eigenvalue weighted by Crippen LogP contribution is -2.32. The van der Waals surface area contributed by atoms with E-state index in [2.05, 4.69) is 26.7 Å². The van der Waals surface area contributed by atoms with Gasteiger partial charge in [0.1, 0.15) is 0 Å². The molecule has 0 unspecified atom stereocenters. The van der Waals surface area contributed by atoms with Gasteiger partial charge in [-0.2, -0.15) is 0 Å². The molecule has 0 spiro atoms. The first-order chi connectivity index (χ1) is 9.56. The van der Waals surface area contributed by atoms with Gasteiger partial charge in [-0.25, -0.2) is 0 Å². The van der Waals surface area contributed by atoms with Gasteiger partial charge in [0.15, 0.2) is 0 Å². The van der Waals surface area contributed by atoms with Crippen molar-refractivity contribution in [1.82, 2.24) is 4.90 Å². The van der Waals surface area contributed by atoms with Crippen LogP contribution in [0.1, 0.15) is 31.1 Å². The standard InChI is InChI=1S/C14H20BrNO3S/c1-3-16(10-9-14(18)19-2)13(17)6-4-5-11-7-8-12(15)20-11/h7-8H,3-6,9-10H2,1-2H3. The van der Waals surface area contributed by atoms with Gasteiger partial charge in [-0.05, 0) is 47.8 Å². The minimum absolute atomic E-state index is 0.104. The number of carbonyl (C=O) groups is 2. The molecule has 6 heteroatoms. The van der Waals surface area contributed by atoms with Crippen molar-refractivity contribution in [2.75, 3.05) is 20.2 Å². The molecule has 0 aliphatic heterocycles. The van der Waals surface area contributed by atoms with Gasteiger partial charge < -0.3 is 9.64 Å². The van der Waals surface area contributed by atoms with Crippen LogP contribution >= 0.6 is 27.3 Å². The van der Waals surface area contributed by atoms with Crippen molar-refractivity contribution in [3.63, 3.8) is 0 Å². The summed E-state index contributed by atoms with van der Waals surface area (Å²) in [6.45, 7) is 2.98. The summed E-state index contributed by atoms with van der Waals surface area (Å²) in [5.74, 6) is -0.174. The Morgan fingerprint density at radius 3 is 2.65 bits per heavy atom. The summed E-state index contributed by atoms with van der Waals surface area (Å²) < 4.78 is 5.70. The van der Waals surface area contributed by atoms with Crippen molar-refractivity contribution < 1.29 is 14.3 Å². The van der Waals surface area contributed by atoms with Crippen molar-refractivity contribution in [2.45, 2.75) is 32.6 Å². The van der Waals surface area contributed by atoms with Gasteiger partial charge in [0.05, 0.1) is 17.3 Å². The second-order valence-electron chi connectivity index (χ2n) is 4.36. The monoisotopic (exact) mass is 361 g/mol. The molecule has 1 heterocycles. The topological polar surface area (TPSA) is 46.6 Å². The van der Waals surface area contributed by atoms with E-state index in [9.17, 15) is 9.59 Å². The lowest BCUT2D eigenvalue weighted by molar-refractivity contribution is -0.141. The highest BCUT2D eigenvalue weighted by Gasteiger charge is 2.13. The van der Waals surface area contributed by atoms with Crippen LogP contribution in [-0.2, 0) is 20.7 Å². The van der Waals surface area contributed by atoms with Crippen molar-refractivity contribution in [3.8, 4) is 0 Å². The van der Waals surface area contributed by atoms with Crippen molar-refractivity contribution in [1.29, 1.82) is 0 Å². The molecule has 1 aromatic heterocycles. The number of ether oxygens (including phenoxy) is 1. The van der Waals surface area contributed by atoms with Gasteiger partial charge >= 0.3 is 5.97 Å². The number of methoxy groups -OCH3 is 1. The summed E-state index contributed by atoms with van der Waals surface area (Å²) in [4.78, 5) is 26.1. The van der Waals surface area contributed by atoms with E-state index < -0.39 is 0 Å². The van der Waals surface area contributed by atoms with Crippen LogP contribution in [0.15, 0.2) is 15.9 Å². The molecule has 0 radical (unpaired) electrons. The van der Waals surface area contributed by atoms with Gasteiger partial charge in [-0.3, -0.25) is 9.59 Å². The fraction of sp³-hybridized carbons (Fsp3) is 0.571. The van der Waals surface area contributed by atoms with Crippen molar-refractivity contribution >= 4 is 39.1 Å².